The van der Waals surface area contributed by atoms with Gasteiger partial charge in [-0.05, 0) is 53.9 Å². The molecule has 3 rings (SSSR count). The third-order valence-corrected chi connectivity index (χ3v) is 6.33. The lowest BCUT2D eigenvalue weighted by molar-refractivity contribution is 0.596. The van der Waals surface area contributed by atoms with Crippen molar-refractivity contribution in [2.75, 3.05) is 5.32 Å². The minimum atomic E-state index is -3.58. The summed E-state index contributed by atoms with van der Waals surface area (Å²) in [4.78, 5) is 8.81. The Hall–Kier alpha value is -3.70. The Kier molecular flexibility index (Phi) is 7.35. The van der Waals surface area contributed by atoms with E-state index in [4.69, 9.17) is 5.26 Å². The maximum atomic E-state index is 12.9. The number of sulfone groups is 1. The fourth-order valence-electron chi connectivity index (χ4n) is 2.94. The summed E-state index contributed by atoms with van der Waals surface area (Å²) in [6.45, 7) is 2.36. The van der Waals surface area contributed by atoms with Crippen LogP contribution in [0.4, 0.5) is 5.69 Å². The van der Waals surface area contributed by atoms with Crippen LogP contribution in [-0.2, 0) is 22.8 Å². The summed E-state index contributed by atoms with van der Waals surface area (Å²) in [6.07, 6.45) is 7.04. The van der Waals surface area contributed by atoms with E-state index in [9.17, 15) is 8.42 Å². The standard InChI is InChI=1S/C23H23N5O2S/c1-2-3-18-4-8-21(9-5-18)31(29,30)22-10-6-19(7-11-22)16-26-23(27-17-24)28-20-12-14-25-15-13-20/h4-15H,2-3,16H2,1H3,(H2,25,26,27,28). The topological polar surface area (TPSA) is 107 Å². The van der Waals surface area contributed by atoms with Crippen LogP contribution in [0, 0.1) is 11.5 Å². The number of nitriles is 1. The van der Waals surface area contributed by atoms with E-state index in [0.29, 0.717) is 0 Å². The first-order valence-electron chi connectivity index (χ1n) is 9.82. The molecule has 0 aliphatic rings. The average Bonchev–Trinajstić information content (AvgIpc) is 2.79. The predicted molar refractivity (Wildman–Crippen MR) is 120 cm³/mol. The van der Waals surface area contributed by atoms with Crippen molar-refractivity contribution in [2.24, 2.45) is 4.99 Å². The Bertz CT molecular complexity index is 1170. The van der Waals surface area contributed by atoms with Crippen molar-refractivity contribution in [3.05, 3.63) is 84.2 Å². The lowest BCUT2D eigenvalue weighted by atomic mass is 10.1. The number of nitrogens with one attached hydrogen (secondary N) is 2. The van der Waals surface area contributed by atoms with E-state index in [1.54, 1.807) is 60.9 Å². The van der Waals surface area contributed by atoms with E-state index in [0.717, 1.165) is 29.7 Å². The first kappa shape index (κ1) is 22.0. The van der Waals surface area contributed by atoms with Crippen LogP contribution in [-0.4, -0.2) is 19.4 Å². The number of hydrogen-bond donors (Lipinski definition) is 2. The van der Waals surface area contributed by atoms with Crippen molar-refractivity contribution in [1.82, 2.24) is 10.3 Å². The van der Waals surface area contributed by atoms with Gasteiger partial charge in [0.25, 0.3) is 0 Å². The number of anilines is 1. The van der Waals surface area contributed by atoms with E-state index in [1.807, 2.05) is 18.3 Å². The molecular formula is C23H23N5O2S. The summed E-state index contributed by atoms with van der Waals surface area (Å²) in [7, 11) is -3.58. The molecule has 0 saturated carbocycles. The molecule has 0 aliphatic carbocycles. The molecule has 8 heteroatoms. The van der Waals surface area contributed by atoms with Crippen molar-refractivity contribution in [3.63, 3.8) is 0 Å². The highest BCUT2D eigenvalue weighted by atomic mass is 32.2. The summed E-state index contributed by atoms with van der Waals surface area (Å²) in [6, 6.07) is 17.1. The SMILES string of the molecule is CCCc1ccc(S(=O)(=O)c2ccc(CN=C(NC#N)Nc3ccncc3)cc2)cc1. The molecule has 0 atom stereocenters. The summed E-state index contributed by atoms with van der Waals surface area (Å²) < 4.78 is 25.8. The minimum absolute atomic E-state index is 0.230. The van der Waals surface area contributed by atoms with Crippen LogP contribution in [0.1, 0.15) is 24.5 Å². The molecule has 1 heterocycles. The van der Waals surface area contributed by atoms with Gasteiger partial charge in [-0.1, -0.05) is 37.6 Å². The monoisotopic (exact) mass is 433 g/mol. The van der Waals surface area contributed by atoms with Gasteiger partial charge < -0.3 is 5.32 Å². The molecule has 0 saturated heterocycles. The number of benzene rings is 2. The van der Waals surface area contributed by atoms with Gasteiger partial charge in [0.15, 0.2) is 6.19 Å². The molecule has 2 N–H and O–H groups in total. The number of aryl methyl sites for hydroxylation is 1. The molecule has 0 amide bonds. The molecule has 0 spiro atoms. The van der Waals surface area contributed by atoms with E-state index in [2.05, 4.69) is 27.5 Å². The first-order chi connectivity index (χ1) is 15.0. The third-order valence-electron chi connectivity index (χ3n) is 4.54. The van der Waals surface area contributed by atoms with Gasteiger partial charge in [-0.25, -0.2) is 13.4 Å². The van der Waals surface area contributed by atoms with Crippen LogP contribution in [0.25, 0.3) is 0 Å². The molecule has 31 heavy (non-hydrogen) atoms. The Morgan fingerprint density at radius 3 is 2.10 bits per heavy atom. The Morgan fingerprint density at radius 2 is 1.55 bits per heavy atom. The lowest BCUT2D eigenvalue weighted by Crippen LogP contribution is -2.26. The molecule has 1 aromatic heterocycles. The number of aromatic nitrogens is 1. The Morgan fingerprint density at radius 1 is 0.968 bits per heavy atom. The van der Waals surface area contributed by atoms with Gasteiger partial charge in [0.2, 0.25) is 15.8 Å². The van der Waals surface area contributed by atoms with Crippen molar-refractivity contribution in [1.29, 1.82) is 5.26 Å². The number of pyridine rings is 1. The van der Waals surface area contributed by atoms with Crippen LogP contribution < -0.4 is 10.6 Å². The molecular weight excluding hydrogens is 410 g/mol. The average molecular weight is 434 g/mol. The second-order valence-electron chi connectivity index (χ2n) is 6.80. The molecule has 3 aromatic rings. The quantitative estimate of drug-likeness (QED) is 0.253. The second kappa shape index (κ2) is 10.4. The van der Waals surface area contributed by atoms with Gasteiger partial charge in [-0.2, -0.15) is 5.26 Å². The maximum absolute atomic E-state index is 12.9. The summed E-state index contributed by atoms with van der Waals surface area (Å²) in [5.74, 6) is 0.289. The summed E-state index contributed by atoms with van der Waals surface area (Å²) in [5, 5.41) is 14.4. The predicted octanol–water partition coefficient (Wildman–Crippen LogP) is 3.91. The number of hydrogen-bond acceptors (Lipinski definition) is 5. The van der Waals surface area contributed by atoms with Gasteiger partial charge in [0.05, 0.1) is 16.3 Å². The highest BCUT2D eigenvalue weighted by molar-refractivity contribution is 7.91. The fourth-order valence-corrected chi connectivity index (χ4v) is 4.20. The number of guanidine groups is 1. The largest absolute Gasteiger partial charge is 0.325 e. The summed E-state index contributed by atoms with van der Waals surface area (Å²) in [5.41, 5.74) is 2.67. The van der Waals surface area contributed by atoms with E-state index in [-0.39, 0.29) is 22.3 Å². The van der Waals surface area contributed by atoms with Crippen LogP contribution in [0.3, 0.4) is 0 Å². The zero-order valence-corrected chi connectivity index (χ0v) is 17.9. The molecule has 0 unspecified atom stereocenters. The zero-order valence-electron chi connectivity index (χ0n) is 17.1. The van der Waals surface area contributed by atoms with E-state index >= 15 is 0 Å². The minimum Gasteiger partial charge on any atom is -0.325 e. The number of aliphatic imine (C=N–C) groups is 1. The Balaban J connectivity index is 1.72. The highest BCUT2D eigenvalue weighted by Crippen LogP contribution is 2.22. The van der Waals surface area contributed by atoms with Gasteiger partial charge in [0, 0.05) is 18.1 Å². The lowest BCUT2D eigenvalue weighted by Gasteiger charge is -2.08. The number of rotatable bonds is 7. The van der Waals surface area contributed by atoms with Crippen molar-refractivity contribution >= 4 is 21.5 Å². The molecule has 158 valence electrons. The van der Waals surface area contributed by atoms with Crippen LogP contribution in [0.5, 0.6) is 0 Å². The van der Waals surface area contributed by atoms with Crippen LogP contribution in [0.2, 0.25) is 0 Å². The van der Waals surface area contributed by atoms with E-state index in [1.165, 1.54) is 0 Å². The third kappa shape index (κ3) is 5.90. The molecule has 0 fully saturated rings. The summed E-state index contributed by atoms with van der Waals surface area (Å²) >= 11 is 0. The number of nitrogens with zero attached hydrogens (tertiary/aromatic N) is 3. The van der Waals surface area contributed by atoms with Crippen molar-refractivity contribution < 1.29 is 8.42 Å². The van der Waals surface area contributed by atoms with Crippen molar-refractivity contribution in [2.45, 2.75) is 36.1 Å². The van der Waals surface area contributed by atoms with Gasteiger partial charge in [-0.3, -0.25) is 10.3 Å². The first-order valence-corrected chi connectivity index (χ1v) is 11.3. The maximum Gasteiger partial charge on any atom is 0.209 e. The van der Waals surface area contributed by atoms with Crippen LogP contribution >= 0.6 is 0 Å². The molecule has 0 aliphatic heterocycles. The molecule has 0 bridgehead atoms. The van der Waals surface area contributed by atoms with Crippen molar-refractivity contribution in [3.8, 4) is 6.19 Å². The molecule has 7 nitrogen and oxygen atoms in total. The van der Waals surface area contributed by atoms with Gasteiger partial charge in [0.1, 0.15) is 0 Å². The molecule has 0 radical (unpaired) electrons. The van der Waals surface area contributed by atoms with Gasteiger partial charge >= 0.3 is 0 Å². The second-order valence-corrected chi connectivity index (χ2v) is 8.75. The normalized spacial score (nSPS) is 11.5. The highest BCUT2D eigenvalue weighted by Gasteiger charge is 2.17. The zero-order chi connectivity index (χ0) is 22.1. The van der Waals surface area contributed by atoms with Crippen LogP contribution in [0.15, 0.2) is 87.8 Å². The van der Waals surface area contributed by atoms with E-state index < -0.39 is 9.84 Å². The van der Waals surface area contributed by atoms with Gasteiger partial charge in [-0.15, -0.1) is 0 Å². The Labute approximate surface area is 182 Å². The fraction of sp³-hybridized carbons (Fsp3) is 0.174. The smallest absolute Gasteiger partial charge is 0.209 e. The molecule has 2 aromatic carbocycles.